The summed E-state index contributed by atoms with van der Waals surface area (Å²) in [6.45, 7) is 4.56. The summed E-state index contributed by atoms with van der Waals surface area (Å²) in [4.78, 5) is 33.4. The van der Waals surface area contributed by atoms with Gasteiger partial charge in [0.25, 0.3) is 5.91 Å². The molecule has 0 radical (unpaired) electrons. The zero-order valence-electron chi connectivity index (χ0n) is 21.7. The summed E-state index contributed by atoms with van der Waals surface area (Å²) in [6, 6.07) is 20.7. The third-order valence-electron chi connectivity index (χ3n) is 6.59. The maximum absolute atomic E-state index is 12.9. The van der Waals surface area contributed by atoms with Gasteiger partial charge in [-0.05, 0) is 49.4 Å². The highest BCUT2D eigenvalue weighted by Crippen LogP contribution is 2.31. The number of pyridine rings is 1. The number of amides is 1. The molecule has 2 aromatic heterocycles. The summed E-state index contributed by atoms with van der Waals surface area (Å²) >= 11 is 6.12. The topological polar surface area (TPSA) is 89.8 Å². The van der Waals surface area contributed by atoms with Gasteiger partial charge in [0.05, 0.1) is 25.0 Å². The van der Waals surface area contributed by atoms with Gasteiger partial charge in [-0.15, -0.1) is 0 Å². The van der Waals surface area contributed by atoms with Crippen molar-refractivity contribution in [3.8, 4) is 22.7 Å². The molecule has 39 heavy (non-hydrogen) atoms. The second-order valence-electron chi connectivity index (χ2n) is 8.89. The molecule has 1 aliphatic heterocycles. The maximum Gasteiger partial charge on any atom is 0.358 e. The molecule has 2 aromatic carbocycles. The van der Waals surface area contributed by atoms with Crippen molar-refractivity contribution in [2.45, 2.75) is 6.92 Å². The van der Waals surface area contributed by atoms with Gasteiger partial charge >= 0.3 is 5.97 Å². The first-order valence-electron chi connectivity index (χ1n) is 12.7. The molecule has 0 atom stereocenters. The highest BCUT2D eigenvalue weighted by molar-refractivity contribution is 6.32. The molecule has 9 nitrogen and oxygen atoms in total. The quantitative estimate of drug-likeness (QED) is 0.245. The van der Waals surface area contributed by atoms with Crippen molar-refractivity contribution in [3.05, 3.63) is 89.3 Å². The predicted molar refractivity (Wildman–Crippen MR) is 149 cm³/mol. The number of rotatable bonds is 7. The number of ether oxygens (including phenoxy) is 2. The van der Waals surface area contributed by atoms with E-state index in [4.69, 9.17) is 21.1 Å². The van der Waals surface area contributed by atoms with Crippen molar-refractivity contribution in [1.29, 1.82) is 0 Å². The van der Waals surface area contributed by atoms with E-state index in [1.165, 1.54) is 0 Å². The number of halogens is 1. The minimum atomic E-state index is -0.482. The molecule has 1 aliphatic rings. The molecule has 5 rings (SSSR count). The van der Waals surface area contributed by atoms with Crippen LogP contribution in [0.5, 0.6) is 5.75 Å². The zero-order chi connectivity index (χ0) is 27.4. The summed E-state index contributed by atoms with van der Waals surface area (Å²) in [7, 11) is 1.60. The number of anilines is 1. The molecule has 10 heteroatoms. The third kappa shape index (κ3) is 5.44. The molecule has 0 aliphatic carbocycles. The third-order valence-corrected chi connectivity index (χ3v) is 6.89. The Bertz CT molecular complexity index is 1480. The van der Waals surface area contributed by atoms with Crippen molar-refractivity contribution < 1.29 is 19.1 Å². The summed E-state index contributed by atoms with van der Waals surface area (Å²) in [6.07, 6.45) is 1.57. The number of hydrogen-bond acceptors (Lipinski definition) is 7. The van der Waals surface area contributed by atoms with E-state index in [0.717, 1.165) is 16.9 Å². The SMILES string of the molecule is CCOC(=O)c1cc(-c2ccc(N3CCN(C(=O)c4cccnc4Cl)CC3)cc2)n(-c2ccccc2OC)n1. The van der Waals surface area contributed by atoms with Crippen molar-refractivity contribution in [2.24, 2.45) is 0 Å². The van der Waals surface area contributed by atoms with E-state index in [1.807, 2.05) is 48.5 Å². The summed E-state index contributed by atoms with van der Waals surface area (Å²) < 4.78 is 12.4. The number of esters is 1. The smallest absolute Gasteiger partial charge is 0.358 e. The Kier molecular flexibility index (Phi) is 7.79. The van der Waals surface area contributed by atoms with Gasteiger partial charge in [0.1, 0.15) is 16.6 Å². The van der Waals surface area contributed by atoms with Crippen molar-refractivity contribution in [1.82, 2.24) is 19.7 Å². The van der Waals surface area contributed by atoms with Gasteiger partial charge in [-0.2, -0.15) is 5.10 Å². The minimum absolute atomic E-state index is 0.106. The highest BCUT2D eigenvalue weighted by atomic mass is 35.5. The molecule has 3 heterocycles. The number of benzene rings is 2. The van der Waals surface area contributed by atoms with Gasteiger partial charge < -0.3 is 19.3 Å². The Morgan fingerprint density at radius 1 is 0.974 bits per heavy atom. The van der Waals surface area contributed by atoms with Crippen molar-refractivity contribution in [3.63, 3.8) is 0 Å². The number of methoxy groups -OCH3 is 1. The Morgan fingerprint density at radius 3 is 2.41 bits per heavy atom. The zero-order valence-corrected chi connectivity index (χ0v) is 22.5. The second kappa shape index (κ2) is 11.6. The predicted octanol–water partition coefficient (Wildman–Crippen LogP) is 4.74. The normalized spacial score (nSPS) is 13.3. The lowest BCUT2D eigenvalue weighted by atomic mass is 10.1. The number of carbonyl (C=O) groups is 2. The van der Waals surface area contributed by atoms with Crippen LogP contribution >= 0.6 is 11.6 Å². The molecule has 1 saturated heterocycles. The lowest BCUT2D eigenvalue weighted by Gasteiger charge is -2.36. The average molecular weight is 546 g/mol. The van der Waals surface area contributed by atoms with Crippen LogP contribution in [-0.4, -0.2) is 71.4 Å². The van der Waals surface area contributed by atoms with Crippen LogP contribution in [-0.2, 0) is 4.74 Å². The largest absolute Gasteiger partial charge is 0.494 e. The van der Waals surface area contributed by atoms with Gasteiger partial charge in [0.15, 0.2) is 5.69 Å². The number of nitrogens with zero attached hydrogens (tertiary/aromatic N) is 5. The monoisotopic (exact) mass is 545 g/mol. The van der Waals surface area contributed by atoms with E-state index in [1.54, 1.807) is 48.0 Å². The van der Waals surface area contributed by atoms with Gasteiger partial charge in [0.2, 0.25) is 0 Å². The van der Waals surface area contributed by atoms with Crippen LogP contribution in [0.4, 0.5) is 5.69 Å². The van der Waals surface area contributed by atoms with Gasteiger partial charge in [-0.1, -0.05) is 35.9 Å². The van der Waals surface area contributed by atoms with Crippen molar-refractivity contribution in [2.75, 3.05) is 44.8 Å². The first-order valence-corrected chi connectivity index (χ1v) is 13.0. The molecule has 1 fully saturated rings. The van der Waals surface area contributed by atoms with Crippen LogP contribution in [0.15, 0.2) is 72.9 Å². The molecule has 0 saturated carbocycles. The Morgan fingerprint density at radius 2 is 1.72 bits per heavy atom. The molecular weight excluding hydrogens is 518 g/mol. The molecule has 0 spiro atoms. The molecule has 0 bridgehead atoms. The van der Waals surface area contributed by atoms with Crippen LogP contribution in [0.2, 0.25) is 5.15 Å². The minimum Gasteiger partial charge on any atom is -0.494 e. The van der Waals surface area contributed by atoms with E-state index in [-0.39, 0.29) is 23.4 Å². The molecule has 200 valence electrons. The Hall–Kier alpha value is -4.37. The number of aromatic nitrogens is 3. The van der Waals surface area contributed by atoms with E-state index in [0.29, 0.717) is 43.2 Å². The summed E-state index contributed by atoms with van der Waals surface area (Å²) in [5.41, 5.74) is 4.01. The summed E-state index contributed by atoms with van der Waals surface area (Å²) in [5, 5.41) is 4.77. The fourth-order valence-electron chi connectivity index (χ4n) is 4.61. The molecule has 1 amide bonds. The maximum atomic E-state index is 12.9. The van der Waals surface area contributed by atoms with Crippen molar-refractivity contribution >= 4 is 29.2 Å². The number of carbonyl (C=O) groups excluding carboxylic acids is 2. The fourth-order valence-corrected chi connectivity index (χ4v) is 4.81. The van der Waals surface area contributed by atoms with Crippen LogP contribution < -0.4 is 9.64 Å². The number of hydrogen-bond donors (Lipinski definition) is 0. The van der Waals surface area contributed by atoms with Gasteiger partial charge in [-0.3, -0.25) is 4.79 Å². The molecule has 4 aromatic rings. The highest BCUT2D eigenvalue weighted by Gasteiger charge is 2.25. The Labute approximate surface area is 231 Å². The summed E-state index contributed by atoms with van der Waals surface area (Å²) in [5.74, 6) is 0.0444. The van der Waals surface area contributed by atoms with Crippen LogP contribution in [0.1, 0.15) is 27.8 Å². The second-order valence-corrected chi connectivity index (χ2v) is 9.24. The van der Waals surface area contributed by atoms with Crippen LogP contribution in [0, 0.1) is 0 Å². The molecular formula is C29H28ClN5O4. The molecule has 0 unspecified atom stereocenters. The fraction of sp³-hybridized carbons (Fsp3) is 0.241. The lowest BCUT2D eigenvalue weighted by molar-refractivity contribution is 0.0518. The van der Waals surface area contributed by atoms with E-state index >= 15 is 0 Å². The van der Waals surface area contributed by atoms with Crippen LogP contribution in [0.3, 0.4) is 0 Å². The lowest BCUT2D eigenvalue weighted by Crippen LogP contribution is -2.48. The van der Waals surface area contributed by atoms with E-state index < -0.39 is 5.97 Å². The molecule has 0 N–H and O–H groups in total. The van der Waals surface area contributed by atoms with Crippen LogP contribution in [0.25, 0.3) is 16.9 Å². The first kappa shape index (κ1) is 26.2. The van der Waals surface area contributed by atoms with Gasteiger partial charge in [-0.25, -0.2) is 14.5 Å². The number of para-hydroxylation sites is 2. The van der Waals surface area contributed by atoms with Gasteiger partial charge in [0, 0.05) is 43.6 Å². The average Bonchev–Trinajstić information content (AvgIpc) is 3.43. The number of piperazine rings is 1. The standard InChI is InChI=1S/C29H28ClN5O4/c1-3-39-29(37)23-19-25(35(32-23)24-8-4-5-9-26(24)38-2)20-10-12-21(13-11-20)33-15-17-34(18-16-33)28(36)22-7-6-14-31-27(22)30/h4-14,19H,3,15-18H2,1-2H3. The first-order chi connectivity index (χ1) is 19.0. The Balaban J connectivity index is 1.36. The van der Waals surface area contributed by atoms with E-state index in [2.05, 4.69) is 15.0 Å². The van der Waals surface area contributed by atoms with E-state index in [9.17, 15) is 9.59 Å².